The van der Waals surface area contributed by atoms with E-state index in [1.54, 1.807) is 6.08 Å². The molecule has 5 N–H and O–H groups in total. The highest BCUT2D eigenvalue weighted by Gasteiger charge is 2.26. The largest absolute Gasteiger partial charge is 0.472 e. The van der Waals surface area contributed by atoms with Gasteiger partial charge in [0.05, 0.1) is 25.4 Å². The van der Waals surface area contributed by atoms with Gasteiger partial charge in [-0.15, -0.1) is 0 Å². The lowest BCUT2D eigenvalue weighted by Gasteiger charge is -2.23. The summed E-state index contributed by atoms with van der Waals surface area (Å²) in [4.78, 5) is 22.5. The fourth-order valence-corrected chi connectivity index (χ4v) is 5.71. The molecule has 0 aromatic carbocycles. The van der Waals surface area contributed by atoms with Crippen molar-refractivity contribution in [3.8, 4) is 0 Å². The standard InChI is InChI=1S/C33H67N2O6P/c1-3-5-7-9-11-13-14-15-16-17-19-21-23-25-27-33(37)35-31(30-41-42(38,39)40-29-28-34)32(36)26-24-22-20-18-12-10-8-6-4-2/h24,26,31-32,36H,3-23,25,27-30,34H2,1-2H3,(H,35,37)(H,38,39)/b26-24+/t31-,32+/m0/s1. The Labute approximate surface area is 258 Å². The third-order valence-electron chi connectivity index (χ3n) is 7.61. The van der Waals surface area contributed by atoms with Crippen LogP contribution < -0.4 is 11.1 Å². The second-order valence-electron chi connectivity index (χ2n) is 11.7. The van der Waals surface area contributed by atoms with Crippen molar-refractivity contribution in [3.63, 3.8) is 0 Å². The molecule has 0 heterocycles. The van der Waals surface area contributed by atoms with Crippen molar-refractivity contribution in [1.29, 1.82) is 0 Å². The van der Waals surface area contributed by atoms with Gasteiger partial charge in [-0.3, -0.25) is 13.8 Å². The van der Waals surface area contributed by atoms with E-state index in [1.165, 1.54) is 103 Å². The molecule has 3 atom stereocenters. The number of nitrogens with two attached hydrogens (primary N) is 1. The summed E-state index contributed by atoms with van der Waals surface area (Å²) in [6.45, 7) is 4.09. The lowest BCUT2D eigenvalue weighted by atomic mass is 10.0. The molecule has 42 heavy (non-hydrogen) atoms. The van der Waals surface area contributed by atoms with Crippen LogP contribution >= 0.6 is 7.82 Å². The third kappa shape index (κ3) is 28.0. The van der Waals surface area contributed by atoms with Gasteiger partial charge in [0.25, 0.3) is 0 Å². The number of unbranched alkanes of at least 4 members (excludes halogenated alkanes) is 20. The van der Waals surface area contributed by atoms with Crippen LogP contribution in [0.25, 0.3) is 0 Å². The molecule has 1 unspecified atom stereocenters. The first-order chi connectivity index (χ1) is 20.4. The Hall–Kier alpha value is -0.760. The van der Waals surface area contributed by atoms with Crippen molar-refractivity contribution in [2.45, 2.75) is 174 Å². The van der Waals surface area contributed by atoms with Crippen LogP contribution in [0.4, 0.5) is 0 Å². The van der Waals surface area contributed by atoms with E-state index >= 15 is 0 Å². The molecule has 1 amide bonds. The van der Waals surface area contributed by atoms with Crippen molar-refractivity contribution >= 4 is 13.7 Å². The Morgan fingerprint density at radius 2 is 1.21 bits per heavy atom. The predicted molar refractivity (Wildman–Crippen MR) is 175 cm³/mol. The number of aliphatic hydroxyl groups is 1. The maximum Gasteiger partial charge on any atom is 0.472 e. The maximum absolute atomic E-state index is 12.6. The minimum atomic E-state index is -4.32. The summed E-state index contributed by atoms with van der Waals surface area (Å²) in [6, 6.07) is -0.851. The van der Waals surface area contributed by atoms with Gasteiger partial charge in [0.2, 0.25) is 5.91 Å². The number of rotatable bonds is 32. The Morgan fingerprint density at radius 1 is 0.762 bits per heavy atom. The van der Waals surface area contributed by atoms with Crippen LogP contribution in [0.5, 0.6) is 0 Å². The van der Waals surface area contributed by atoms with Crippen molar-refractivity contribution in [3.05, 3.63) is 12.2 Å². The van der Waals surface area contributed by atoms with Crippen LogP contribution in [-0.4, -0.2) is 47.8 Å². The first-order valence-corrected chi connectivity index (χ1v) is 18.8. The number of allylic oxidation sites excluding steroid dienone is 1. The van der Waals surface area contributed by atoms with Gasteiger partial charge in [0, 0.05) is 13.0 Å². The summed E-state index contributed by atoms with van der Waals surface area (Å²) < 4.78 is 21.9. The summed E-state index contributed by atoms with van der Waals surface area (Å²) >= 11 is 0. The first kappa shape index (κ1) is 41.2. The highest BCUT2D eigenvalue weighted by Crippen LogP contribution is 2.43. The number of aliphatic hydroxyl groups excluding tert-OH is 1. The Balaban J connectivity index is 4.31. The van der Waals surface area contributed by atoms with E-state index in [9.17, 15) is 19.4 Å². The molecule has 0 aliphatic carbocycles. The van der Waals surface area contributed by atoms with Gasteiger partial charge in [-0.05, 0) is 19.3 Å². The zero-order valence-electron chi connectivity index (χ0n) is 27.2. The molecule has 250 valence electrons. The first-order valence-electron chi connectivity index (χ1n) is 17.3. The molecule has 0 bridgehead atoms. The summed E-state index contributed by atoms with van der Waals surface area (Å²) in [5.41, 5.74) is 5.33. The van der Waals surface area contributed by atoms with E-state index in [0.29, 0.717) is 6.42 Å². The predicted octanol–water partition coefficient (Wildman–Crippen LogP) is 8.49. The molecule has 0 saturated carbocycles. The van der Waals surface area contributed by atoms with Crippen LogP contribution in [0.1, 0.15) is 162 Å². The van der Waals surface area contributed by atoms with Crippen LogP contribution in [0.15, 0.2) is 12.2 Å². The fourth-order valence-electron chi connectivity index (χ4n) is 4.95. The Kier molecular flexibility index (Phi) is 29.7. The third-order valence-corrected chi connectivity index (χ3v) is 8.60. The summed E-state index contributed by atoms with van der Waals surface area (Å²) in [5.74, 6) is -0.197. The topological polar surface area (TPSA) is 131 Å². The molecule has 0 aromatic rings. The van der Waals surface area contributed by atoms with E-state index in [1.807, 2.05) is 6.08 Å². The Bertz CT molecular complexity index is 679. The number of carbonyl (C=O) groups is 1. The lowest BCUT2D eigenvalue weighted by molar-refractivity contribution is -0.123. The molecule has 0 saturated heterocycles. The normalized spacial score (nSPS) is 14.7. The number of nitrogens with one attached hydrogen (secondary N) is 1. The van der Waals surface area contributed by atoms with E-state index < -0.39 is 20.0 Å². The minimum absolute atomic E-state index is 0.0806. The zero-order valence-corrected chi connectivity index (χ0v) is 28.1. The average molecular weight is 619 g/mol. The van der Waals surface area contributed by atoms with Crippen molar-refractivity contribution in [2.75, 3.05) is 19.8 Å². The van der Waals surface area contributed by atoms with E-state index in [2.05, 4.69) is 19.2 Å². The zero-order chi connectivity index (χ0) is 31.2. The summed E-state index contributed by atoms with van der Waals surface area (Å²) in [6.07, 6.45) is 29.7. The molecule has 0 rings (SSSR count). The van der Waals surface area contributed by atoms with E-state index in [-0.39, 0.29) is 25.7 Å². The SMILES string of the molecule is CCCCCCCCC/C=C/[C@@H](O)[C@H](COP(=O)(O)OCCN)NC(=O)CCCCCCCCCCCCCCCC. The molecular weight excluding hydrogens is 551 g/mol. The molecule has 8 nitrogen and oxygen atoms in total. The average Bonchev–Trinajstić information content (AvgIpc) is 2.97. The maximum atomic E-state index is 12.6. The van der Waals surface area contributed by atoms with Gasteiger partial charge in [0.1, 0.15) is 0 Å². The number of phosphoric ester groups is 1. The van der Waals surface area contributed by atoms with E-state index in [0.717, 1.165) is 38.5 Å². The van der Waals surface area contributed by atoms with Gasteiger partial charge in [-0.25, -0.2) is 4.57 Å². The molecule has 0 aliphatic rings. The highest BCUT2D eigenvalue weighted by atomic mass is 31.2. The lowest BCUT2D eigenvalue weighted by Crippen LogP contribution is -2.45. The summed E-state index contributed by atoms with van der Waals surface area (Å²) in [5, 5.41) is 13.5. The van der Waals surface area contributed by atoms with Crippen LogP contribution in [0.3, 0.4) is 0 Å². The quantitative estimate of drug-likeness (QED) is 0.0338. The molecule has 0 radical (unpaired) electrons. The highest BCUT2D eigenvalue weighted by molar-refractivity contribution is 7.47. The molecule has 0 fully saturated rings. The molecule has 0 aliphatic heterocycles. The van der Waals surface area contributed by atoms with Crippen LogP contribution in [-0.2, 0) is 18.4 Å². The fraction of sp³-hybridized carbons (Fsp3) is 0.909. The number of amides is 1. The van der Waals surface area contributed by atoms with Crippen LogP contribution in [0, 0.1) is 0 Å². The molecule has 0 aromatic heterocycles. The summed E-state index contributed by atoms with van der Waals surface area (Å²) in [7, 11) is -4.32. The second kappa shape index (κ2) is 30.3. The smallest absolute Gasteiger partial charge is 0.387 e. The van der Waals surface area contributed by atoms with E-state index in [4.69, 9.17) is 14.8 Å². The Morgan fingerprint density at radius 3 is 1.69 bits per heavy atom. The van der Waals surface area contributed by atoms with Crippen molar-refractivity contribution in [2.24, 2.45) is 5.73 Å². The number of hydrogen-bond donors (Lipinski definition) is 4. The molecule has 9 heteroatoms. The number of hydrogen-bond acceptors (Lipinski definition) is 6. The molecule has 0 spiro atoms. The van der Waals surface area contributed by atoms with Crippen molar-refractivity contribution in [1.82, 2.24) is 5.32 Å². The monoisotopic (exact) mass is 618 g/mol. The number of phosphoric acid groups is 1. The van der Waals surface area contributed by atoms with Crippen molar-refractivity contribution < 1.29 is 28.4 Å². The minimum Gasteiger partial charge on any atom is -0.387 e. The van der Waals surface area contributed by atoms with Crippen LogP contribution in [0.2, 0.25) is 0 Å². The van der Waals surface area contributed by atoms with Gasteiger partial charge < -0.3 is 21.1 Å². The van der Waals surface area contributed by atoms with Gasteiger partial charge in [0.15, 0.2) is 0 Å². The molecular formula is C33H67N2O6P. The van der Waals surface area contributed by atoms with Gasteiger partial charge in [-0.2, -0.15) is 0 Å². The number of carbonyl (C=O) groups excluding carboxylic acids is 1. The van der Waals surface area contributed by atoms with Gasteiger partial charge in [-0.1, -0.05) is 148 Å². The second-order valence-corrected chi connectivity index (χ2v) is 13.2. The van der Waals surface area contributed by atoms with Gasteiger partial charge >= 0.3 is 7.82 Å².